The van der Waals surface area contributed by atoms with E-state index in [0.717, 1.165) is 0 Å². The Morgan fingerprint density at radius 3 is 1.14 bits per heavy atom. The second-order valence-corrected chi connectivity index (χ2v) is 1.85. The molecule has 0 aliphatic heterocycles. The monoisotopic (exact) mass is 386 g/mol. The second-order valence-electron chi connectivity index (χ2n) is 0.448. The molecule has 2 N–H and O–H groups in total. The molecule has 0 aliphatic carbocycles. The van der Waals surface area contributed by atoms with Gasteiger partial charge in [0.15, 0.2) is 0 Å². The van der Waals surface area contributed by atoms with Crippen LogP contribution in [0.25, 0.3) is 0 Å². The molecular formula is H5BiCrFeO4. The van der Waals surface area contributed by atoms with Crippen LogP contribution in [0.3, 0.4) is 0 Å². The van der Waals surface area contributed by atoms with E-state index in [2.05, 4.69) is 0 Å². The molecule has 0 fully saturated rings. The van der Waals surface area contributed by atoms with E-state index in [4.69, 9.17) is 15.9 Å². The summed E-state index contributed by atoms with van der Waals surface area (Å²) in [5.74, 6) is 0. The zero-order valence-corrected chi connectivity index (χ0v) is 11.1. The predicted molar refractivity (Wildman–Crippen MR) is 15.7 cm³/mol. The van der Waals surface area contributed by atoms with Crippen molar-refractivity contribution >= 4 is 26.2 Å². The Hall–Kier alpha value is 1.46. The zero-order valence-electron chi connectivity index (χ0n) is 3.18. The van der Waals surface area contributed by atoms with Gasteiger partial charge in [-0.15, -0.1) is 0 Å². The zero-order chi connectivity index (χ0) is 4.50. The number of hydrogen-bond donors (Lipinski definition) is 2. The van der Waals surface area contributed by atoms with Gasteiger partial charge in [0.05, 0.1) is 0 Å². The minimum atomic E-state index is -5.25. The van der Waals surface area contributed by atoms with Crippen molar-refractivity contribution in [3.8, 4) is 0 Å². The van der Waals surface area contributed by atoms with Gasteiger partial charge in [0.1, 0.15) is 0 Å². The van der Waals surface area contributed by atoms with Crippen LogP contribution in [-0.2, 0) is 38.3 Å². The average molecular weight is 386 g/mol. The Morgan fingerprint density at radius 2 is 1.14 bits per heavy atom. The topological polar surface area (TPSA) is 74.6 Å². The SMILES string of the molecule is [BiH3].[Fe].[O]=[Cr](=[O])([OH])[OH]. The molecule has 0 aromatic carbocycles. The van der Waals surface area contributed by atoms with Gasteiger partial charge in [0, 0.05) is 17.1 Å². The molecular weight excluding hydrogens is 381 g/mol. The van der Waals surface area contributed by atoms with Crippen molar-refractivity contribution in [3.63, 3.8) is 0 Å². The molecule has 4 nitrogen and oxygen atoms in total. The fourth-order valence-electron chi connectivity index (χ4n) is 0. The molecule has 0 aliphatic rings. The molecule has 0 spiro atoms. The van der Waals surface area contributed by atoms with Gasteiger partial charge in [-0.25, -0.2) is 0 Å². The third-order valence-electron chi connectivity index (χ3n) is 0. The van der Waals surface area contributed by atoms with Gasteiger partial charge in [0.2, 0.25) is 0 Å². The van der Waals surface area contributed by atoms with Crippen molar-refractivity contribution in [2.45, 2.75) is 0 Å². The summed E-state index contributed by atoms with van der Waals surface area (Å²) in [5, 5.41) is 0. The first-order valence-electron chi connectivity index (χ1n) is 0.698. The maximum atomic E-state index is 8.82. The molecule has 0 atom stereocenters. The first-order chi connectivity index (χ1) is 2.00. The van der Waals surface area contributed by atoms with Gasteiger partial charge in [-0.1, -0.05) is 0 Å². The summed E-state index contributed by atoms with van der Waals surface area (Å²) in [6.07, 6.45) is 0. The molecule has 0 heterocycles. The maximum absolute atomic E-state index is 8.82. The van der Waals surface area contributed by atoms with Crippen LogP contribution < -0.4 is 0 Å². The Bertz CT molecular complexity index is 94.9. The molecule has 7 heteroatoms. The summed E-state index contributed by atoms with van der Waals surface area (Å²) in [6, 6.07) is 0. The summed E-state index contributed by atoms with van der Waals surface area (Å²) < 4.78 is 31.9. The predicted octanol–water partition coefficient (Wildman–Crippen LogP) is -2.54. The van der Waals surface area contributed by atoms with Gasteiger partial charge in [-0.05, 0) is 0 Å². The Labute approximate surface area is 72.3 Å². The summed E-state index contributed by atoms with van der Waals surface area (Å²) in [7, 11) is 0. The van der Waals surface area contributed by atoms with E-state index in [0.29, 0.717) is 0 Å². The third kappa shape index (κ3) is 105. The van der Waals surface area contributed by atoms with Crippen LogP contribution in [0, 0.1) is 0 Å². The van der Waals surface area contributed by atoms with Crippen LogP contribution in [-0.4, -0.2) is 34.5 Å². The Balaban J connectivity index is -0.0000000800. The molecule has 0 aromatic rings. The molecule has 0 rings (SSSR count). The molecule has 0 bridgehead atoms. The number of hydrogen-bond acceptors (Lipinski definition) is 2. The van der Waals surface area contributed by atoms with Gasteiger partial charge in [0.25, 0.3) is 0 Å². The average Bonchev–Trinajstić information content (AvgIpc) is 0.722. The summed E-state index contributed by atoms with van der Waals surface area (Å²) in [5.41, 5.74) is 0. The summed E-state index contributed by atoms with van der Waals surface area (Å²) in [4.78, 5) is 0. The Morgan fingerprint density at radius 1 is 1.14 bits per heavy atom. The van der Waals surface area contributed by atoms with Crippen LogP contribution in [0.1, 0.15) is 0 Å². The first kappa shape index (κ1) is 15.8. The van der Waals surface area contributed by atoms with Gasteiger partial charge in [-0.3, -0.25) is 0 Å². The standard InChI is InChI=1S/Bi.Cr.Fe.2H2O.2O.3H/h;;;2*1H2;;;;;/q;+2;;;;;;;;/p-2. The Kier molecular flexibility index (Phi) is 12.6. The first-order valence-corrected chi connectivity index (χ1v) is 2.88. The second kappa shape index (κ2) is 5.59. The molecule has 7 heavy (non-hydrogen) atoms. The van der Waals surface area contributed by atoms with E-state index in [1.807, 2.05) is 0 Å². The molecule has 48 valence electrons. The van der Waals surface area contributed by atoms with Crippen molar-refractivity contribution in [2.75, 3.05) is 0 Å². The van der Waals surface area contributed by atoms with Crippen molar-refractivity contribution in [3.05, 3.63) is 0 Å². The quantitative estimate of drug-likeness (QED) is 0.451. The summed E-state index contributed by atoms with van der Waals surface area (Å²) >= 11 is -5.25. The third-order valence-corrected chi connectivity index (χ3v) is 0. The van der Waals surface area contributed by atoms with Crippen molar-refractivity contribution < 1.29 is 46.6 Å². The van der Waals surface area contributed by atoms with Gasteiger partial charge >= 0.3 is 55.7 Å². The van der Waals surface area contributed by atoms with Crippen LogP contribution in [0.2, 0.25) is 0 Å². The van der Waals surface area contributed by atoms with Crippen LogP contribution in [0.4, 0.5) is 0 Å². The van der Waals surface area contributed by atoms with Crippen molar-refractivity contribution in [1.29, 1.82) is 0 Å². The van der Waals surface area contributed by atoms with Crippen molar-refractivity contribution in [1.82, 2.24) is 0 Å². The van der Waals surface area contributed by atoms with E-state index in [-0.39, 0.29) is 43.3 Å². The van der Waals surface area contributed by atoms with E-state index in [9.17, 15) is 0 Å². The van der Waals surface area contributed by atoms with Crippen molar-refractivity contribution in [2.24, 2.45) is 0 Å². The molecule has 0 unspecified atom stereocenters. The van der Waals surface area contributed by atoms with Crippen LogP contribution >= 0.6 is 0 Å². The van der Waals surface area contributed by atoms with E-state index < -0.39 is 13.6 Å². The van der Waals surface area contributed by atoms with E-state index >= 15 is 0 Å². The van der Waals surface area contributed by atoms with Crippen LogP contribution in [0.5, 0.6) is 0 Å². The molecule has 0 saturated heterocycles. The fourth-order valence-corrected chi connectivity index (χ4v) is 0. The van der Waals surface area contributed by atoms with Crippen LogP contribution in [0.15, 0.2) is 0 Å². The van der Waals surface area contributed by atoms with E-state index in [1.54, 1.807) is 0 Å². The molecule has 0 saturated carbocycles. The van der Waals surface area contributed by atoms with Gasteiger partial charge in [-0.2, -0.15) is 0 Å². The molecule has 0 amide bonds. The fraction of sp³-hybridized carbons (Fsp3) is 0. The normalized spacial score (nSPS) is 8.29. The van der Waals surface area contributed by atoms with E-state index in [1.165, 1.54) is 0 Å². The molecule has 0 radical (unpaired) electrons. The summed E-state index contributed by atoms with van der Waals surface area (Å²) in [6.45, 7) is 0. The van der Waals surface area contributed by atoms with Gasteiger partial charge < -0.3 is 0 Å². The minimum absolute atomic E-state index is 0. The number of rotatable bonds is 0. The molecule has 0 aromatic heterocycles.